The summed E-state index contributed by atoms with van der Waals surface area (Å²) in [6, 6.07) is 8.42. The Morgan fingerprint density at radius 3 is 2.47 bits per heavy atom. The number of rotatable bonds is 3. The molecule has 0 saturated heterocycles. The Kier molecular flexibility index (Phi) is 4.06. The zero-order valence-corrected chi connectivity index (χ0v) is 10.7. The number of aliphatic hydroxyl groups is 1. The topological polar surface area (TPSA) is 32.3 Å². The van der Waals surface area contributed by atoms with Crippen molar-refractivity contribution >= 4 is 5.69 Å². The van der Waals surface area contributed by atoms with Gasteiger partial charge in [0.1, 0.15) is 0 Å². The first-order valence-corrected chi connectivity index (χ1v) is 6.70. The van der Waals surface area contributed by atoms with Crippen LogP contribution in [0.1, 0.15) is 44.1 Å². The van der Waals surface area contributed by atoms with Gasteiger partial charge < -0.3 is 10.4 Å². The van der Waals surface area contributed by atoms with Gasteiger partial charge in [0.2, 0.25) is 0 Å². The lowest BCUT2D eigenvalue weighted by Crippen LogP contribution is -2.41. The molecule has 1 aromatic carbocycles. The van der Waals surface area contributed by atoms with Gasteiger partial charge in [-0.1, -0.05) is 37.8 Å². The van der Waals surface area contributed by atoms with Crippen LogP contribution in [0.25, 0.3) is 0 Å². The second-order valence-electron chi connectivity index (χ2n) is 5.35. The van der Waals surface area contributed by atoms with Crippen LogP contribution in [0.3, 0.4) is 0 Å². The van der Waals surface area contributed by atoms with Crippen molar-refractivity contribution < 1.29 is 5.11 Å². The summed E-state index contributed by atoms with van der Waals surface area (Å²) in [4.78, 5) is 0. The van der Waals surface area contributed by atoms with Gasteiger partial charge in [-0.15, -0.1) is 0 Å². The van der Waals surface area contributed by atoms with Gasteiger partial charge in [-0.3, -0.25) is 0 Å². The second-order valence-corrected chi connectivity index (χ2v) is 5.35. The highest BCUT2D eigenvalue weighted by atomic mass is 16.3. The van der Waals surface area contributed by atoms with E-state index >= 15 is 0 Å². The lowest BCUT2D eigenvalue weighted by atomic mass is 9.90. The Morgan fingerprint density at radius 2 is 1.88 bits per heavy atom. The van der Waals surface area contributed by atoms with Crippen molar-refractivity contribution in [1.29, 1.82) is 0 Å². The number of hydrogen-bond donors (Lipinski definition) is 2. The molecule has 1 saturated carbocycles. The highest BCUT2D eigenvalue weighted by Gasteiger charge is 2.29. The molecular weight excluding hydrogens is 210 g/mol. The van der Waals surface area contributed by atoms with Crippen molar-refractivity contribution in [3.63, 3.8) is 0 Å². The average Bonchev–Trinajstić information content (AvgIpc) is 2.55. The molecule has 0 heterocycles. The first kappa shape index (κ1) is 12.4. The van der Waals surface area contributed by atoms with Crippen LogP contribution >= 0.6 is 0 Å². The highest BCUT2D eigenvalue weighted by molar-refractivity contribution is 5.47. The van der Waals surface area contributed by atoms with Gasteiger partial charge in [-0.2, -0.15) is 0 Å². The van der Waals surface area contributed by atoms with Gasteiger partial charge in [0.25, 0.3) is 0 Å². The van der Waals surface area contributed by atoms with E-state index in [0.29, 0.717) is 0 Å². The predicted molar refractivity (Wildman–Crippen MR) is 72.3 cm³/mol. The number of nitrogens with one attached hydrogen (secondary N) is 1. The maximum Gasteiger partial charge on any atom is 0.0661 e. The molecule has 1 aromatic rings. The average molecular weight is 233 g/mol. The summed E-state index contributed by atoms with van der Waals surface area (Å²) in [5.74, 6) is 0. The fourth-order valence-electron chi connectivity index (χ4n) is 2.76. The molecule has 0 aliphatic heterocycles. The maximum atomic E-state index is 9.73. The minimum Gasteiger partial charge on any atom is -0.394 e. The zero-order chi connectivity index (χ0) is 12.1. The van der Waals surface area contributed by atoms with Gasteiger partial charge in [0.15, 0.2) is 0 Å². The third-order valence-electron chi connectivity index (χ3n) is 3.79. The Bertz CT molecular complexity index is 354. The van der Waals surface area contributed by atoms with E-state index in [1.54, 1.807) is 0 Å². The van der Waals surface area contributed by atoms with Crippen molar-refractivity contribution in [3.05, 3.63) is 29.8 Å². The van der Waals surface area contributed by atoms with Crippen molar-refractivity contribution in [2.75, 3.05) is 11.9 Å². The zero-order valence-electron chi connectivity index (χ0n) is 10.7. The van der Waals surface area contributed by atoms with Gasteiger partial charge in [-0.25, -0.2) is 0 Å². The molecule has 0 radical (unpaired) electrons. The van der Waals surface area contributed by atoms with Crippen LogP contribution in [0, 0.1) is 6.92 Å². The van der Waals surface area contributed by atoms with E-state index in [-0.39, 0.29) is 12.1 Å². The summed E-state index contributed by atoms with van der Waals surface area (Å²) in [5, 5.41) is 13.3. The monoisotopic (exact) mass is 233 g/mol. The van der Waals surface area contributed by atoms with Gasteiger partial charge in [0.05, 0.1) is 12.1 Å². The van der Waals surface area contributed by atoms with E-state index in [4.69, 9.17) is 0 Å². The largest absolute Gasteiger partial charge is 0.394 e. The van der Waals surface area contributed by atoms with Crippen LogP contribution in [-0.4, -0.2) is 17.3 Å². The summed E-state index contributed by atoms with van der Waals surface area (Å²) in [5.41, 5.74) is 2.31. The molecule has 17 heavy (non-hydrogen) atoms. The van der Waals surface area contributed by atoms with Crippen LogP contribution in [0.2, 0.25) is 0 Å². The lowest BCUT2D eigenvalue weighted by molar-refractivity contribution is 0.196. The standard InChI is InChI=1S/C15H23NO/c1-13-7-6-8-14(11-13)16-15(12-17)9-4-2-3-5-10-15/h6-8,11,16-17H,2-5,9-10,12H2,1H3. The van der Waals surface area contributed by atoms with Crippen LogP contribution in [0.4, 0.5) is 5.69 Å². The Hall–Kier alpha value is -1.02. The highest BCUT2D eigenvalue weighted by Crippen LogP contribution is 2.30. The summed E-state index contributed by atoms with van der Waals surface area (Å²) in [7, 11) is 0. The van der Waals surface area contributed by atoms with E-state index < -0.39 is 0 Å². The van der Waals surface area contributed by atoms with Crippen molar-refractivity contribution in [2.24, 2.45) is 0 Å². The number of aliphatic hydroxyl groups excluding tert-OH is 1. The summed E-state index contributed by atoms with van der Waals surface area (Å²) < 4.78 is 0. The van der Waals surface area contributed by atoms with Crippen molar-refractivity contribution in [3.8, 4) is 0 Å². The Balaban J connectivity index is 2.12. The SMILES string of the molecule is Cc1cccc(NC2(CO)CCCCCC2)c1. The van der Waals surface area contributed by atoms with E-state index in [9.17, 15) is 5.11 Å². The lowest BCUT2D eigenvalue weighted by Gasteiger charge is -2.33. The molecule has 2 N–H and O–H groups in total. The minimum atomic E-state index is -0.0930. The van der Waals surface area contributed by atoms with E-state index in [1.807, 2.05) is 0 Å². The molecule has 2 nitrogen and oxygen atoms in total. The predicted octanol–water partition coefficient (Wildman–Crippen LogP) is 3.49. The number of hydrogen-bond acceptors (Lipinski definition) is 2. The van der Waals surface area contributed by atoms with Crippen LogP contribution in [0.15, 0.2) is 24.3 Å². The van der Waals surface area contributed by atoms with Crippen molar-refractivity contribution in [2.45, 2.75) is 51.0 Å². The second kappa shape index (κ2) is 5.54. The molecule has 0 bridgehead atoms. The van der Waals surface area contributed by atoms with Gasteiger partial charge in [-0.05, 0) is 37.5 Å². The third kappa shape index (κ3) is 3.22. The van der Waals surface area contributed by atoms with E-state index in [1.165, 1.54) is 31.2 Å². The first-order chi connectivity index (χ1) is 8.24. The summed E-state index contributed by atoms with van der Waals surface area (Å²) >= 11 is 0. The molecule has 0 aromatic heterocycles. The number of aryl methyl sites for hydroxylation is 1. The third-order valence-corrected chi connectivity index (χ3v) is 3.79. The first-order valence-electron chi connectivity index (χ1n) is 6.70. The number of anilines is 1. The summed E-state index contributed by atoms with van der Waals surface area (Å²) in [6.07, 6.45) is 7.21. The quantitative estimate of drug-likeness (QED) is 0.783. The van der Waals surface area contributed by atoms with Crippen LogP contribution in [-0.2, 0) is 0 Å². The van der Waals surface area contributed by atoms with Crippen LogP contribution in [0.5, 0.6) is 0 Å². The Morgan fingerprint density at radius 1 is 1.18 bits per heavy atom. The van der Waals surface area contributed by atoms with Crippen molar-refractivity contribution in [1.82, 2.24) is 0 Å². The molecule has 1 aliphatic carbocycles. The maximum absolute atomic E-state index is 9.73. The van der Waals surface area contributed by atoms with Gasteiger partial charge in [0, 0.05) is 5.69 Å². The molecule has 94 valence electrons. The molecule has 2 rings (SSSR count). The molecule has 0 atom stereocenters. The molecule has 2 heteroatoms. The van der Waals surface area contributed by atoms with E-state index in [2.05, 4.69) is 36.5 Å². The fourth-order valence-corrected chi connectivity index (χ4v) is 2.76. The van der Waals surface area contributed by atoms with Gasteiger partial charge >= 0.3 is 0 Å². The smallest absolute Gasteiger partial charge is 0.0661 e. The summed E-state index contributed by atoms with van der Waals surface area (Å²) in [6.45, 7) is 2.34. The number of benzene rings is 1. The molecule has 1 aliphatic rings. The normalized spacial score (nSPS) is 19.6. The molecule has 1 fully saturated rings. The molecule has 0 spiro atoms. The Labute approximate surface area is 104 Å². The molecule has 0 amide bonds. The fraction of sp³-hybridized carbons (Fsp3) is 0.600. The molecule has 0 unspecified atom stereocenters. The molecular formula is C15H23NO. The van der Waals surface area contributed by atoms with Crippen LogP contribution < -0.4 is 5.32 Å². The van der Waals surface area contributed by atoms with E-state index in [0.717, 1.165) is 18.5 Å². The minimum absolute atomic E-state index is 0.0930.